The van der Waals surface area contributed by atoms with E-state index in [4.69, 9.17) is 0 Å². The standard InChI is InChI=1S/C21H26N4O3/c1-21(2,3)16-8-10-17(11-9-16)22-20(26)24-14-12-23(13-15-24)18-6-4-5-7-19(18)25(27)28/h4-11H,12-15H2,1-3H3,(H,22,26). The molecule has 1 N–H and O–H groups in total. The summed E-state index contributed by atoms with van der Waals surface area (Å²) in [4.78, 5) is 27.1. The fourth-order valence-electron chi connectivity index (χ4n) is 3.29. The van der Waals surface area contributed by atoms with E-state index in [1.807, 2.05) is 29.2 Å². The average Bonchev–Trinajstić information content (AvgIpc) is 2.68. The van der Waals surface area contributed by atoms with Gasteiger partial charge in [-0.15, -0.1) is 0 Å². The van der Waals surface area contributed by atoms with Gasteiger partial charge >= 0.3 is 6.03 Å². The lowest BCUT2D eigenvalue weighted by molar-refractivity contribution is -0.384. The molecule has 1 aliphatic rings. The number of nitrogens with zero attached hydrogens (tertiary/aromatic N) is 3. The van der Waals surface area contributed by atoms with Crippen LogP contribution in [0.3, 0.4) is 0 Å². The van der Waals surface area contributed by atoms with E-state index in [1.54, 1.807) is 23.1 Å². The van der Waals surface area contributed by atoms with Crippen molar-refractivity contribution in [2.45, 2.75) is 26.2 Å². The molecule has 0 bridgehead atoms. The average molecular weight is 382 g/mol. The first-order valence-corrected chi connectivity index (χ1v) is 9.40. The summed E-state index contributed by atoms with van der Waals surface area (Å²) in [5.74, 6) is 0. The van der Waals surface area contributed by atoms with Crippen LogP contribution in [0.25, 0.3) is 0 Å². The molecule has 0 radical (unpaired) electrons. The number of nitro groups is 1. The predicted octanol–water partition coefficient (Wildman–Crippen LogP) is 4.25. The molecule has 2 aromatic carbocycles. The van der Waals surface area contributed by atoms with Gasteiger partial charge in [0.05, 0.1) is 4.92 Å². The lowest BCUT2D eigenvalue weighted by atomic mass is 9.87. The number of nitro benzene ring substituents is 1. The molecule has 3 rings (SSSR count). The molecule has 0 unspecified atom stereocenters. The minimum absolute atomic E-state index is 0.0684. The second-order valence-corrected chi connectivity index (χ2v) is 7.98. The number of para-hydroxylation sites is 2. The molecule has 2 aromatic rings. The van der Waals surface area contributed by atoms with E-state index in [0.29, 0.717) is 31.9 Å². The van der Waals surface area contributed by atoms with E-state index in [0.717, 1.165) is 5.69 Å². The minimum atomic E-state index is -0.365. The molecule has 0 saturated carbocycles. The molecular formula is C21H26N4O3. The molecule has 0 aliphatic carbocycles. The molecule has 1 heterocycles. The highest BCUT2D eigenvalue weighted by atomic mass is 16.6. The van der Waals surface area contributed by atoms with Crippen LogP contribution in [0.4, 0.5) is 21.9 Å². The third-order valence-corrected chi connectivity index (χ3v) is 4.99. The third kappa shape index (κ3) is 4.42. The molecule has 7 heteroatoms. The smallest absolute Gasteiger partial charge is 0.321 e. The SMILES string of the molecule is CC(C)(C)c1ccc(NC(=O)N2CCN(c3ccccc3[N+](=O)[O-])CC2)cc1. The van der Waals surface area contributed by atoms with Crippen molar-refractivity contribution in [1.29, 1.82) is 0 Å². The van der Waals surface area contributed by atoms with Gasteiger partial charge in [0.1, 0.15) is 5.69 Å². The number of carbonyl (C=O) groups is 1. The van der Waals surface area contributed by atoms with Crippen LogP contribution in [0, 0.1) is 10.1 Å². The van der Waals surface area contributed by atoms with Crippen LogP contribution in [0.1, 0.15) is 26.3 Å². The summed E-state index contributed by atoms with van der Waals surface area (Å²) < 4.78 is 0. The molecule has 28 heavy (non-hydrogen) atoms. The van der Waals surface area contributed by atoms with Crippen molar-refractivity contribution in [2.24, 2.45) is 0 Å². The lowest BCUT2D eigenvalue weighted by Gasteiger charge is -2.35. The molecule has 1 aliphatic heterocycles. The molecule has 7 nitrogen and oxygen atoms in total. The van der Waals surface area contributed by atoms with Gasteiger partial charge in [-0.25, -0.2) is 4.79 Å². The largest absolute Gasteiger partial charge is 0.362 e. The molecule has 0 atom stereocenters. The second kappa shape index (κ2) is 7.88. The van der Waals surface area contributed by atoms with E-state index < -0.39 is 0 Å². The Balaban J connectivity index is 1.59. The van der Waals surface area contributed by atoms with Gasteiger partial charge in [0, 0.05) is 37.9 Å². The van der Waals surface area contributed by atoms with Gasteiger partial charge in [0.25, 0.3) is 5.69 Å². The molecule has 0 aromatic heterocycles. The fourth-order valence-corrected chi connectivity index (χ4v) is 3.29. The number of piperazine rings is 1. The van der Waals surface area contributed by atoms with Crippen molar-refractivity contribution in [3.8, 4) is 0 Å². The number of carbonyl (C=O) groups excluding carboxylic acids is 1. The Morgan fingerprint density at radius 2 is 1.61 bits per heavy atom. The normalized spacial score (nSPS) is 14.7. The fraction of sp³-hybridized carbons (Fsp3) is 0.381. The molecule has 148 valence electrons. The Bertz CT molecular complexity index is 851. The first-order chi connectivity index (χ1) is 13.3. The number of rotatable bonds is 3. The Kier molecular flexibility index (Phi) is 5.53. The van der Waals surface area contributed by atoms with Crippen LogP contribution in [-0.2, 0) is 5.41 Å². The van der Waals surface area contributed by atoms with E-state index in [-0.39, 0.29) is 22.1 Å². The van der Waals surface area contributed by atoms with Crippen LogP contribution in [-0.4, -0.2) is 42.0 Å². The summed E-state index contributed by atoms with van der Waals surface area (Å²) in [5, 5.41) is 14.2. The zero-order valence-corrected chi connectivity index (χ0v) is 16.5. The highest BCUT2D eigenvalue weighted by molar-refractivity contribution is 5.89. The van der Waals surface area contributed by atoms with Crippen LogP contribution >= 0.6 is 0 Å². The van der Waals surface area contributed by atoms with Gasteiger partial charge in [-0.1, -0.05) is 45.0 Å². The van der Waals surface area contributed by atoms with Crippen LogP contribution in [0.5, 0.6) is 0 Å². The van der Waals surface area contributed by atoms with E-state index in [9.17, 15) is 14.9 Å². The summed E-state index contributed by atoms with van der Waals surface area (Å²) in [5.41, 5.74) is 2.74. The number of hydrogen-bond donors (Lipinski definition) is 1. The Morgan fingerprint density at radius 3 is 2.18 bits per heavy atom. The van der Waals surface area contributed by atoms with Gasteiger partial charge in [-0.05, 0) is 29.2 Å². The summed E-state index contributed by atoms with van der Waals surface area (Å²) in [6.07, 6.45) is 0. The van der Waals surface area contributed by atoms with Crippen LogP contribution < -0.4 is 10.2 Å². The molecule has 1 fully saturated rings. The van der Waals surface area contributed by atoms with Crippen molar-refractivity contribution in [3.63, 3.8) is 0 Å². The highest BCUT2D eigenvalue weighted by Gasteiger charge is 2.25. The topological polar surface area (TPSA) is 78.7 Å². The molecule has 0 spiro atoms. The van der Waals surface area contributed by atoms with Crippen molar-refractivity contribution in [3.05, 3.63) is 64.2 Å². The highest BCUT2D eigenvalue weighted by Crippen LogP contribution is 2.28. The predicted molar refractivity (Wildman–Crippen MR) is 111 cm³/mol. The van der Waals surface area contributed by atoms with Crippen molar-refractivity contribution in [1.82, 2.24) is 4.90 Å². The molecule has 1 saturated heterocycles. The maximum atomic E-state index is 12.6. The monoisotopic (exact) mass is 382 g/mol. The van der Waals surface area contributed by atoms with Gasteiger partial charge in [-0.3, -0.25) is 10.1 Å². The number of amides is 2. The lowest BCUT2D eigenvalue weighted by Crippen LogP contribution is -2.50. The van der Waals surface area contributed by atoms with Crippen molar-refractivity contribution >= 4 is 23.1 Å². The van der Waals surface area contributed by atoms with Gasteiger partial charge in [0.15, 0.2) is 0 Å². The summed E-state index contributed by atoms with van der Waals surface area (Å²) in [6, 6.07) is 14.5. The van der Waals surface area contributed by atoms with Crippen LogP contribution in [0.2, 0.25) is 0 Å². The molecule has 2 amide bonds. The molecular weight excluding hydrogens is 356 g/mol. The van der Waals surface area contributed by atoms with E-state index in [2.05, 4.69) is 26.1 Å². The van der Waals surface area contributed by atoms with E-state index in [1.165, 1.54) is 11.6 Å². The van der Waals surface area contributed by atoms with Crippen molar-refractivity contribution in [2.75, 3.05) is 36.4 Å². The zero-order chi connectivity index (χ0) is 20.3. The number of anilines is 2. The first-order valence-electron chi connectivity index (χ1n) is 9.40. The summed E-state index contributed by atoms with van der Waals surface area (Å²) in [6.45, 7) is 8.59. The Labute approximate surface area is 165 Å². The van der Waals surface area contributed by atoms with Crippen molar-refractivity contribution < 1.29 is 9.72 Å². The summed E-state index contributed by atoms with van der Waals surface area (Å²) in [7, 11) is 0. The maximum Gasteiger partial charge on any atom is 0.321 e. The number of hydrogen-bond acceptors (Lipinski definition) is 4. The minimum Gasteiger partial charge on any atom is -0.362 e. The Hall–Kier alpha value is -3.09. The van der Waals surface area contributed by atoms with Gasteiger partial charge in [0.2, 0.25) is 0 Å². The van der Waals surface area contributed by atoms with Gasteiger partial charge < -0.3 is 15.1 Å². The number of benzene rings is 2. The van der Waals surface area contributed by atoms with Crippen LogP contribution in [0.15, 0.2) is 48.5 Å². The zero-order valence-electron chi connectivity index (χ0n) is 16.5. The van der Waals surface area contributed by atoms with Gasteiger partial charge in [-0.2, -0.15) is 0 Å². The first kappa shape index (κ1) is 19.7. The number of urea groups is 1. The second-order valence-electron chi connectivity index (χ2n) is 7.98. The maximum absolute atomic E-state index is 12.6. The third-order valence-electron chi connectivity index (χ3n) is 4.99. The number of nitrogens with one attached hydrogen (secondary N) is 1. The van der Waals surface area contributed by atoms with E-state index >= 15 is 0 Å². The quantitative estimate of drug-likeness (QED) is 0.636. The Morgan fingerprint density at radius 1 is 1.00 bits per heavy atom. The summed E-state index contributed by atoms with van der Waals surface area (Å²) >= 11 is 0.